The SMILES string of the molecule is CN1c2ccccc2N(C(=O)OCc2ccccc2)C1c1ccccc1. The van der Waals surface area contributed by atoms with Crippen molar-refractivity contribution in [3.8, 4) is 0 Å². The van der Waals surface area contributed by atoms with Gasteiger partial charge in [0.25, 0.3) is 0 Å². The van der Waals surface area contributed by atoms with E-state index >= 15 is 0 Å². The Kier molecular flexibility index (Phi) is 4.32. The van der Waals surface area contributed by atoms with Crippen LogP contribution in [0.15, 0.2) is 84.9 Å². The van der Waals surface area contributed by atoms with Crippen LogP contribution in [-0.4, -0.2) is 13.1 Å². The molecule has 0 spiro atoms. The molecule has 4 rings (SSSR count). The lowest BCUT2D eigenvalue weighted by Gasteiger charge is -2.29. The summed E-state index contributed by atoms with van der Waals surface area (Å²) in [7, 11) is 2.00. The van der Waals surface area contributed by atoms with Gasteiger partial charge in [-0.2, -0.15) is 0 Å². The summed E-state index contributed by atoms with van der Waals surface area (Å²) in [6.07, 6.45) is -0.573. The molecule has 1 atom stereocenters. The third kappa shape index (κ3) is 2.90. The molecule has 0 N–H and O–H groups in total. The molecule has 0 saturated heterocycles. The zero-order valence-corrected chi connectivity index (χ0v) is 14.6. The minimum Gasteiger partial charge on any atom is -0.444 e. The largest absolute Gasteiger partial charge is 0.444 e. The molecule has 4 nitrogen and oxygen atoms in total. The first-order valence-electron chi connectivity index (χ1n) is 8.62. The highest BCUT2D eigenvalue weighted by molar-refractivity contribution is 5.97. The van der Waals surface area contributed by atoms with E-state index in [1.807, 2.05) is 92.0 Å². The van der Waals surface area contributed by atoms with Gasteiger partial charge in [0.05, 0.1) is 11.4 Å². The molecule has 0 aromatic heterocycles. The number of anilines is 2. The first kappa shape index (κ1) is 16.2. The topological polar surface area (TPSA) is 32.8 Å². The normalized spacial score (nSPS) is 15.7. The van der Waals surface area contributed by atoms with E-state index in [9.17, 15) is 4.79 Å². The van der Waals surface area contributed by atoms with Crippen molar-refractivity contribution < 1.29 is 9.53 Å². The van der Waals surface area contributed by atoms with E-state index in [0.717, 1.165) is 22.5 Å². The van der Waals surface area contributed by atoms with Crippen molar-refractivity contribution in [3.63, 3.8) is 0 Å². The highest BCUT2D eigenvalue weighted by Crippen LogP contribution is 2.45. The number of hydrogen-bond donors (Lipinski definition) is 0. The Balaban J connectivity index is 1.65. The summed E-state index contributed by atoms with van der Waals surface area (Å²) in [5.74, 6) is 0. The Hall–Kier alpha value is -3.27. The van der Waals surface area contributed by atoms with Crippen molar-refractivity contribution in [2.75, 3.05) is 16.8 Å². The van der Waals surface area contributed by atoms with E-state index in [4.69, 9.17) is 4.74 Å². The van der Waals surface area contributed by atoms with Gasteiger partial charge in [-0.15, -0.1) is 0 Å². The van der Waals surface area contributed by atoms with Gasteiger partial charge in [-0.05, 0) is 23.3 Å². The number of nitrogens with zero attached hydrogens (tertiary/aromatic N) is 2. The number of para-hydroxylation sites is 2. The Bertz CT molecular complexity index is 896. The van der Waals surface area contributed by atoms with Crippen LogP contribution in [0.5, 0.6) is 0 Å². The average Bonchev–Trinajstić information content (AvgIpc) is 3.00. The van der Waals surface area contributed by atoms with E-state index in [2.05, 4.69) is 4.90 Å². The highest BCUT2D eigenvalue weighted by Gasteiger charge is 2.39. The minimum absolute atomic E-state index is 0.225. The fraction of sp³-hybridized carbons (Fsp3) is 0.136. The van der Waals surface area contributed by atoms with Gasteiger partial charge in [0.15, 0.2) is 0 Å². The Morgan fingerprint density at radius 1 is 0.846 bits per heavy atom. The maximum atomic E-state index is 13.0. The number of fused-ring (bicyclic) bond motifs is 1. The number of benzene rings is 3. The second-order valence-corrected chi connectivity index (χ2v) is 6.29. The van der Waals surface area contributed by atoms with Crippen LogP contribution in [0.2, 0.25) is 0 Å². The van der Waals surface area contributed by atoms with Crippen molar-refractivity contribution in [3.05, 3.63) is 96.1 Å². The first-order chi connectivity index (χ1) is 12.8. The quantitative estimate of drug-likeness (QED) is 0.672. The van der Waals surface area contributed by atoms with Gasteiger partial charge in [0.2, 0.25) is 0 Å². The van der Waals surface area contributed by atoms with Crippen LogP contribution < -0.4 is 9.80 Å². The molecule has 0 radical (unpaired) electrons. The monoisotopic (exact) mass is 344 g/mol. The molecule has 1 aliphatic rings. The van der Waals surface area contributed by atoms with Crippen LogP contribution in [0, 0.1) is 0 Å². The van der Waals surface area contributed by atoms with Crippen LogP contribution >= 0.6 is 0 Å². The van der Waals surface area contributed by atoms with Crippen molar-refractivity contribution in [1.82, 2.24) is 0 Å². The molecule has 0 saturated carbocycles. The molecule has 3 aromatic carbocycles. The van der Waals surface area contributed by atoms with Gasteiger partial charge < -0.3 is 9.64 Å². The minimum atomic E-state index is -0.348. The summed E-state index contributed by atoms with van der Waals surface area (Å²) in [5.41, 5.74) is 3.89. The van der Waals surface area contributed by atoms with Crippen LogP contribution in [0.1, 0.15) is 17.3 Å². The van der Waals surface area contributed by atoms with Crippen LogP contribution in [0.25, 0.3) is 0 Å². The molecule has 0 bridgehead atoms. The summed E-state index contributed by atoms with van der Waals surface area (Å²) in [4.78, 5) is 16.8. The maximum Gasteiger partial charge on any atom is 0.416 e. The van der Waals surface area contributed by atoms with Crippen molar-refractivity contribution in [2.24, 2.45) is 0 Å². The molecule has 3 aromatic rings. The number of rotatable bonds is 3. The van der Waals surface area contributed by atoms with Crippen molar-refractivity contribution >= 4 is 17.5 Å². The number of hydrogen-bond acceptors (Lipinski definition) is 3. The molecular formula is C22H20N2O2. The van der Waals surface area contributed by atoms with Gasteiger partial charge >= 0.3 is 6.09 Å². The second kappa shape index (κ2) is 6.92. The zero-order chi connectivity index (χ0) is 17.9. The van der Waals surface area contributed by atoms with Gasteiger partial charge in [0, 0.05) is 7.05 Å². The second-order valence-electron chi connectivity index (χ2n) is 6.29. The highest BCUT2D eigenvalue weighted by atomic mass is 16.6. The first-order valence-corrected chi connectivity index (χ1v) is 8.62. The van der Waals surface area contributed by atoms with E-state index in [-0.39, 0.29) is 18.9 Å². The van der Waals surface area contributed by atoms with Gasteiger partial charge in [0.1, 0.15) is 12.8 Å². The third-order valence-electron chi connectivity index (χ3n) is 4.63. The Morgan fingerprint density at radius 2 is 1.42 bits per heavy atom. The molecule has 26 heavy (non-hydrogen) atoms. The lowest BCUT2D eigenvalue weighted by atomic mass is 10.1. The van der Waals surface area contributed by atoms with Crippen LogP contribution in [0.4, 0.5) is 16.2 Å². The van der Waals surface area contributed by atoms with E-state index in [0.29, 0.717) is 0 Å². The lowest BCUT2D eigenvalue weighted by Crippen LogP contribution is -2.38. The molecule has 1 unspecified atom stereocenters. The molecule has 4 heteroatoms. The van der Waals surface area contributed by atoms with Crippen LogP contribution in [-0.2, 0) is 11.3 Å². The predicted octanol–water partition coefficient (Wildman–Crippen LogP) is 4.98. The van der Waals surface area contributed by atoms with Crippen molar-refractivity contribution in [2.45, 2.75) is 12.8 Å². The fourth-order valence-electron chi connectivity index (χ4n) is 3.39. The molecule has 1 amide bonds. The standard InChI is InChI=1S/C22H20N2O2/c1-23-19-14-8-9-15-20(19)24(21(23)18-12-6-3-7-13-18)22(25)26-16-17-10-4-2-5-11-17/h2-15,21H,16H2,1H3. The Labute approximate surface area is 153 Å². The van der Waals surface area contributed by atoms with E-state index in [1.165, 1.54) is 0 Å². The fourth-order valence-corrected chi connectivity index (χ4v) is 3.39. The molecule has 1 heterocycles. The van der Waals surface area contributed by atoms with E-state index < -0.39 is 0 Å². The van der Waals surface area contributed by atoms with E-state index in [1.54, 1.807) is 4.90 Å². The van der Waals surface area contributed by atoms with Gasteiger partial charge in [-0.1, -0.05) is 72.8 Å². The maximum absolute atomic E-state index is 13.0. The molecule has 130 valence electrons. The summed E-state index contributed by atoms with van der Waals surface area (Å²) in [6, 6.07) is 27.6. The number of carbonyl (C=O) groups excluding carboxylic acids is 1. The van der Waals surface area contributed by atoms with Gasteiger partial charge in [-0.25, -0.2) is 4.79 Å². The zero-order valence-electron chi connectivity index (χ0n) is 14.6. The number of amides is 1. The predicted molar refractivity (Wildman–Crippen MR) is 103 cm³/mol. The number of carbonyl (C=O) groups is 1. The number of ether oxygens (including phenoxy) is 1. The summed E-state index contributed by atoms with van der Waals surface area (Å²) in [5, 5.41) is 0. The third-order valence-corrected chi connectivity index (χ3v) is 4.63. The summed E-state index contributed by atoms with van der Waals surface area (Å²) >= 11 is 0. The molecule has 1 aliphatic heterocycles. The van der Waals surface area contributed by atoms with Gasteiger partial charge in [-0.3, -0.25) is 4.90 Å². The average molecular weight is 344 g/mol. The summed E-state index contributed by atoms with van der Waals surface area (Å²) in [6.45, 7) is 0.254. The molecule has 0 aliphatic carbocycles. The van der Waals surface area contributed by atoms with Crippen LogP contribution in [0.3, 0.4) is 0 Å². The smallest absolute Gasteiger partial charge is 0.416 e. The van der Waals surface area contributed by atoms with Crippen molar-refractivity contribution in [1.29, 1.82) is 0 Å². The molecular weight excluding hydrogens is 324 g/mol. The summed E-state index contributed by atoms with van der Waals surface area (Å²) < 4.78 is 5.63. The molecule has 0 fully saturated rings. The Morgan fingerprint density at radius 3 is 2.12 bits per heavy atom. The lowest BCUT2D eigenvalue weighted by molar-refractivity contribution is 0.145.